The summed E-state index contributed by atoms with van der Waals surface area (Å²) in [5, 5.41) is 3.83. The zero-order valence-corrected chi connectivity index (χ0v) is 10.8. The first-order valence-corrected chi connectivity index (χ1v) is 5.69. The Morgan fingerprint density at radius 2 is 2.25 bits per heavy atom. The average molecular weight is 243 g/mol. The van der Waals surface area contributed by atoms with Crippen LogP contribution in [0.5, 0.6) is 0 Å². The van der Waals surface area contributed by atoms with Crippen LogP contribution in [0.2, 0.25) is 5.02 Å². The maximum absolute atomic E-state index is 5.81. The van der Waals surface area contributed by atoms with Crippen molar-refractivity contribution < 1.29 is 0 Å². The molecule has 0 saturated carbocycles. The van der Waals surface area contributed by atoms with Gasteiger partial charge in [0, 0.05) is 12.2 Å². The van der Waals surface area contributed by atoms with Gasteiger partial charge in [-0.2, -0.15) is 0 Å². The number of pyridine rings is 1. The molecular weight excluding hydrogens is 224 g/mol. The molecule has 0 radical (unpaired) electrons. The van der Waals surface area contributed by atoms with Crippen LogP contribution in [0.1, 0.15) is 13.3 Å². The van der Waals surface area contributed by atoms with Gasteiger partial charge in [0.25, 0.3) is 0 Å². The Morgan fingerprint density at radius 3 is 2.81 bits per heavy atom. The third-order valence-corrected chi connectivity index (χ3v) is 2.48. The van der Waals surface area contributed by atoms with Crippen LogP contribution in [-0.2, 0) is 0 Å². The Bertz CT molecular complexity index is 341. The largest absolute Gasteiger partial charge is 0.396 e. The molecule has 0 amide bonds. The lowest BCUT2D eigenvalue weighted by molar-refractivity contribution is 0.390. The molecule has 16 heavy (non-hydrogen) atoms. The fourth-order valence-corrected chi connectivity index (χ4v) is 1.50. The first kappa shape index (κ1) is 13.1. The van der Waals surface area contributed by atoms with E-state index in [0.717, 1.165) is 13.0 Å². The highest BCUT2D eigenvalue weighted by Crippen LogP contribution is 2.20. The molecule has 5 heteroatoms. The Labute approximate surface area is 102 Å². The van der Waals surface area contributed by atoms with Crippen molar-refractivity contribution in [3.05, 3.63) is 17.3 Å². The molecular formula is C11H19ClN4. The topological polar surface area (TPSA) is 54.2 Å². The van der Waals surface area contributed by atoms with E-state index in [9.17, 15) is 0 Å². The predicted molar refractivity (Wildman–Crippen MR) is 69.9 cm³/mol. The summed E-state index contributed by atoms with van der Waals surface area (Å²) in [6, 6.07) is 2.04. The highest BCUT2D eigenvalue weighted by molar-refractivity contribution is 6.30. The van der Waals surface area contributed by atoms with Gasteiger partial charge in [0.15, 0.2) is 0 Å². The summed E-state index contributed by atoms with van der Waals surface area (Å²) in [6.45, 7) is 3.14. The number of aromatic nitrogens is 1. The van der Waals surface area contributed by atoms with Gasteiger partial charge in [-0.1, -0.05) is 11.6 Å². The Balaban J connectivity index is 2.52. The molecule has 0 aliphatic rings. The highest BCUT2D eigenvalue weighted by atomic mass is 35.5. The number of nitrogens with one attached hydrogen (secondary N) is 1. The summed E-state index contributed by atoms with van der Waals surface area (Å²) in [5.41, 5.74) is 6.39. The zero-order chi connectivity index (χ0) is 12.1. The molecule has 1 aromatic heterocycles. The maximum atomic E-state index is 5.81. The molecule has 1 heterocycles. The fraction of sp³-hybridized carbons (Fsp3) is 0.545. The number of rotatable bonds is 5. The molecule has 1 rings (SSSR count). The molecule has 0 spiro atoms. The number of nitrogens with zero attached hydrogens (tertiary/aromatic N) is 2. The van der Waals surface area contributed by atoms with Crippen molar-refractivity contribution in [2.45, 2.75) is 19.4 Å². The lowest BCUT2D eigenvalue weighted by atomic mass is 10.2. The van der Waals surface area contributed by atoms with Gasteiger partial charge in [0.2, 0.25) is 0 Å². The van der Waals surface area contributed by atoms with Gasteiger partial charge < -0.3 is 16.0 Å². The van der Waals surface area contributed by atoms with Gasteiger partial charge >= 0.3 is 0 Å². The molecule has 0 saturated heterocycles. The van der Waals surface area contributed by atoms with Crippen molar-refractivity contribution in [1.29, 1.82) is 0 Å². The summed E-state index contributed by atoms with van der Waals surface area (Å²) >= 11 is 5.78. The Kier molecular flexibility index (Phi) is 4.83. The molecule has 0 aromatic carbocycles. The number of anilines is 2. The van der Waals surface area contributed by atoms with Crippen LogP contribution in [0.4, 0.5) is 11.5 Å². The molecule has 4 nitrogen and oxygen atoms in total. The minimum absolute atomic E-state index is 0.332. The molecule has 0 aliphatic heterocycles. The van der Waals surface area contributed by atoms with E-state index in [1.54, 1.807) is 12.3 Å². The van der Waals surface area contributed by atoms with Gasteiger partial charge in [-0.25, -0.2) is 4.98 Å². The van der Waals surface area contributed by atoms with Crippen molar-refractivity contribution in [3.63, 3.8) is 0 Å². The number of nitrogens with two attached hydrogens (primary N) is 1. The second-order valence-corrected chi connectivity index (χ2v) is 4.67. The summed E-state index contributed by atoms with van der Waals surface area (Å²) in [6.07, 6.45) is 2.63. The second-order valence-electron chi connectivity index (χ2n) is 4.23. The SMILES string of the molecule is CC(CCN(C)C)Nc1ncc(Cl)cc1N. The molecule has 0 bridgehead atoms. The van der Waals surface area contributed by atoms with Gasteiger partial charge in [0.1, 0.15) is 5.82 Å². The predicted octanol–water partition coefficient (Wildman–Crippen LogP) is 2.07. The summed E-state index contributed by atoms with van der Waals surface area (Å²) in [7, 11) is 4.11. The monoisotopic (exact) mass is 242 g/mol. The summed E-state index contributed by atoms with van der Waals surface area (Å²) < 4.78 is 0. The minimum atomic E-state index is 0.332. The first-order chi connectivity index (χ1) is 7.49. The molecule has 0 aliphatic carbocycles. The third kappa shape index (κ3) is 4.24. The lowest BCUT2D eigenvalue weighted by Crippen LogP contribution is -2.23. The molecule has 0 fully saturated rings. The zero-order valence-electron chi connectivity index (χ0n) is 10.00. The van der Waals surface area contributed by atoms with Crippen LogP contribution in [0.25, 0.3) is 0 Å². The Hall–Kier alpha value is -1.00. The van der Waals surface area contributed by atoms with E-state index in [1.165, 1.54) is 0 Å². The third-order valence-electron chi connectivity index (χ3n) is 2.28. The van der Waals surface area contributed by atoms with E-state index in [1.807, 2.05) is 0 Å². The average Bonchev–Trinajstić information content (AvgIpc) is 2.19. The van der Waals surface area contributed by atoms with E-state index in [-0.39, 0.29) is 0 Å². The quantitative estimate of drug-likeness (QED) is 0.830. The van der Waals surface area contributed by atoms with Crippen LogP contribution in [-0.4, -0.2) is 36.6 Å². The van der Waals surface area contributed by atoms with Crippen molar-refractivity contribution >= 4 is 23.1 Å². The molecule has 1 unspecified atom stereocenters. The molecule has 1 aromatic rings. The minimum Gasteiger partial charge on any atom is -0.396 e. The lowest BCUT2D eigenvalue weighted by Gasteiger charge is -2.18. The van der Waals surface area contributed by atoms with Crippen LogP contribution in [0, 0.1) is 0 Å². The highest BCUT2D eigenvalue weighted by Gasteiger charge is 2.06. The number of halogens is 1. The fourth-order valence-electron chi connectivity index (χ4n) is 1.33. The van der Waals surface area contributed by atoms with E-state index in [2.05, 4.69) is 36.2 Å². The molecule has 90 valence electrons. The van der Waals surface area contributed by atoms with Gasteiger partial charge in [0.05, 0.1) is 10.7 Å². The summed E-state index contributed by atoms with van der Waals surface area (Å²) in [5.74, 6) is 0.704. The Morgan fingerprint density at radius 1 is 1.56 bits per heavy atom. The van der Waals surface area contributed by atoms with E-state index in [4.69, 9.17) is 17.3 Å². The normalized spacial score (nSPS) is 12.8. The van der Waals surface area contributed by atoms with Crippen LogP contribution >= 0.6 is 11.6 Å². The van der Waals surface area contributed by atoms with E-state index >= 15 is 0 Å². The molecule has 1 atom stereocenters. The van der Waals surface area contributed by atoms with Crippen LogP contribution < -0.4 is 11.1 Å². The number of nitrogen functional groups attached to an aromatic ring is 1. The van der Waals surface area contributed by atoms with Crippen LogP contribution in [0.3, 0.4) is 0 Å². The van der Waals surface area contributed by atoms with Gasteiger partial charge in [-0.3, -0.25) is 0 Å². The number of hydrogen-bond donors (Lipinski definition) is 2. The van der Waals surface area contributed by atoms with E-state index in [0.29, 0.717) is 22.6 Å². The van der Waals surface area contributed by atoms with Crippen LogP contribution in [0.15, 0.2) is 12.3 Å². The van der Waals surface area contributed by atoms with E-state index < -0.39 is 0 Å². The standard InChI is InChI=1S/C11H19ClN4/c1-8(4-5-16(2)3)15-11-10(13)6-9(12)7-14-11/h6-8H,4-5,13H2,1-3H3,(H,14,15). The maximum Gasteiger partial charge on any atom is 0.149 e. The second kappa shape index (κ2) is 5.92. The van der Waals surface area contributed by atoms with Gasteiger partial charge in [-0.05, 0) is 40.1 Å². The first-order valence-electron chi connectivity index (χ1n) is 5.31. The number of hydrogen-bond acceptors (Lipinski definition) is 4. The van der Waals surface area contributed by atoms with Crippen molar-refractivity contribution in [2.75, 3.05) is 31.7 Å². The van der Waals surface area contributed by atoms with Crippen molar-refractivity contribution in [3.8, 4) is 0 Å². The van der Waals surface area contributed by atoms with Gasteiger partial charge in [-0.15, -0.1) is 0 Å². The van der Waals surface area contributed by atoms with Crippen molar-refractivity contribution in [1.82, 2.24) is 9.88 Å². The molecule has 3 N–H and O–H groups in total. The van der Waals surface area contributed by atoms with Crippen molar-refractivity contribution in [2.24, 2.45) is 0 Å². The summed E-state index contributed by atoms with van der Waals surface area (Å²) in [4.78, 5) is 6.31. The smallest absolute Gasteiger partial charge is 0.149 e.